The van der Waals surface area contributed by atoms with E-state index in [9.17, 15) is 48.3 Å². The number of rotatable bonds is 25. The third kappa shape index (κ3) is 23.9. The second-order valence-corrected chi connectivity index (χ2v) is 20.2. The van der Waals surface area contributed by atoms with E-state index < -0.39 is 101 Å². The maximum absolute atomic E-state index is 14.2. The SMILES string of the molecule is CCCCCCC[C@@H](O)CC(=O)C[C@H](CCN)C(=O)C[C@H]1CCNC(=O)[C@H](CC(C)C)NC(=O)[C@H](CCN)NC(=O)[C@H](CCN)NC(=O)[C@H](CC(C)C)NC(=O)[C@@H](Cc2ccccc2)NC(=O)[C@H](C)NC1=O. The molecule has 0 aliphatic carbocycles. The Labute approximate surface area is 426 Å². The first-order valence-corrected chi connectivity index (χ1v) is 26.2. The van der Waals surface area contributed by atoms with E-state index in [1.165, 1.54) is 6.92 Å². The number of carbonyl (C=O) groups excluding carboxylic acids is 9. The van der Waals surface area contributed by atoms with E-state index in [0.29, 0.717) is 12.0 Å². The summed E-state index contributed by atoms with van der Waals surface area (Å²) in [7, 11) is 0. The topological polar surface area (TPSA) is 336 Å². The van der Waals surface area contributed by atoms with Gasteiger partial charge in [0.1, 0.15) is 47.8 Å². The number of aliphatic hydroxyl groups is 1. The van der Waals surface area contributed by atoms with E-state index in [1.807, 2.05) is 27.7 Å². The zero-order valence-corrected chi connectivity index (χ0v) is 43.7. The van der Waals surface area contributed by atoms with Crippen LogP contribution in [0.5, 0.6) is 0 Å². The lowest BCUT2D eigenvalue weighted by molar-refractivity contribution is -0.136. The Balaban J connectivity index is 2.61. The Bertz CT molecular complexity index is 1890. The number of Topliss-reactive ketones (excluding diaryl/α,β-unsaturated/α-hetero) is 2. The predicted octanol–water partition coefficient (Wildman–Crippen LogP) is 1.08. The minimum Gasteiger partial charge on any atom is -0.393 e. The highest BCUT2D eigenvalue weighted by Crippen LogP contribution is 2.21. The summed E-state index contributed by atoms with van der Waals surface area (Å²) in [6.45, 7) is 10.8. The summed E-state index contributed by atoms with van der Waals surface area (Å²) in [5, 5.41) is 29.6. The molecule has 1 fully saturated rings. The van der Waals surface area contributed by atoms with Gasteiger partial charge < -0.3 is 59.5 Å². The van der Waals surface area contributed by atoms with Gasteiger partial charge in [-0.25, -0.2) is 0 Å². The molecule has 1 saturated heterocycles. The molecule has 0 spiro atoms. The van der Waals surface area contributed by atoms with Crippen LogP contribution in [0, 0.1) is 23.7 Å². The van der Waals surface area contributed by atoms with Crippen molar-refractivity contribution in [2.24, 2.45) is 40.9 Å². The zero-order valence-electron chi connectivity index (χ0n) is 43.7. The van der Waals surface area contributed by atoms with Crippen LogP contribution in [0.3, 0.4) is 0 Å². The molecule has 406 valence electrons. The summed E-state index contributed by atoms with van der Waals surface area (Å²) in [6.07, 6.45) is 4.11. The molecule has 7 amide bonds. The molecular weight excluding hydrogens is 925 g/mol. The Morgan fingerprint density at radius 3 is 1.67 bits per heavy atom. The van der Waals surface area contributed by atoms with E-state index in [1.54, 1.807) is 30.3 Å². The Morgan fingerprint density at radius 2 is 1.12 bits per heavy atom. The van der Waals surface area contributed by atoms with Gasteiger partial charge >= 0.3 is 0 Å². The maximum atomic E-state index is 14.2. The molecule has 2 rings (SSSR count). The molecule has 0 saturated carbocycles. The largest absolute Gasteiger partial charge is 0.393 e. The number of nitrogens with one attached hydrogen (secondary N) is 7. The van der Waals surface area contributed by atoms with Crippen molar-refractivity contribution in [3.05, 3.63) is 35.9 Å². The number of carbonyl (C=O) groups is 9. The highest BCUT2D eigenvalue weighted by atomic mass is 16.3. The molecule has 20 heteroatoms. The van der Waals surface area contributed by atoms with Crippen LogP contribution in [-0.4, -0.2) is 127 Å². The average Bonchev–Trinajstić information content (AvgIpc) is 3.31. The number of ketones is 2. The predicted molar refractivity (Wildman–Crippen MR) is 275 cm³/mol. The van der Waals surface area contributed by atoms with Gasteiger partial charge in [0, 0.05) is 44.1 Å². The van der Waals surface area contributed by atoms with E-state index in [4.69, 9.17) is 17.2 Å². The normalized spacial score (nSPS) is 23.4. The van der Waals surface area contributed by atoms with Crippen molar-refractivity contribution in [1.29, 1.82) is 0 Å². The van der Waals surface area contributed by atoms with Crippen LogP contribution < -0.4 is 54.4 Å². The first kappa shape index (κ1) is 62.8. The summed E-state index contributed by atoms with van der Waals surface area (Å²) in [6, 6.07) is 1.53. The molecule has 1 aliphatic heterocycles. The number of hydrogen-bond acceptors (Lipinski definition) is 13. The van der Waals surface area contributed by atoms with Crippen LogP contribution in [0.4, 0.5) is 0 Å². The van der Waals surface area contributed by atoms with Crippen LogP contribution in [0.2, 0.25) is 0 Å². The minimum absolute atomic E-state index is 0.0102. The Hall–Kier alpha value is -5.31. The van der Waals surface area contributed by atoms with Crippen LogP contribution in [-0.2, 0) is 49.6 Å². The summed E-state index contributed by atoms with van der Waals surface area (Å²) in [4.78, 5) is 125. The fourth-order valence-electron chi connectivity index (χ4n) is 8.63. The average molecular weight is 1010 g/mol. The van der Waals surface area contributed by atoms with Crippen LogP contribution in [0.1, 0.15) is 143 Å². The van der Waals surface area contributed by atoms with Gasteiger partial charge in [-0.05, 0) is 88.9 Å². The highest BCUT2D eigenvalue weighted by molar-refractivity contribution is 5.98. The molecule has 1 aromatic rings. The third-order valence-electron chi connectivity index (χ3n) is 12.7. The Kier molecular flexibility index (Phi) is 29.8. The number of hydrogen-bond donors (Lipinski definition) is 11. The fraction of sp³-hybridized carbons (Fsp3) is 0.712. The minimum atomic E-state index is -1.26. The smallest absolute Gasteiger partial charge is 0.243 e. The summed E-state index contributed by atoms with van der Waals surface area (Å²) >= 11 is 0. The molecule has 0 radical (unpaired) electrons. The van der Waals surface area contributed by atoms with Crippen molar-refractivity contribution in [3.8, 4) is 0 Å². The van der Waals surface area contributed by atoms with Crippen molar-refractivity contribution in [2.75, 3.05) is 26.2 Å². The van der Waals surface area contributed by atoms with Crippen LogP contribution in [0.25, 0.3) is 0 Å². The van der Waals surface area contributed by atoms with Gasteiger partial charge in [-0.15, -0.1) is 0 Å². The van der Waals surface area contributed by atoms with Gasteiger partial charge in [0.25, 0.3) is 0 Å². The molecule has 20 nitrogen and oxygen atoms in total. The number of unbranched alkanes of at least 4 members (excludes halogenated alkanes) is 4. The van der Waals surface area contributed by atoms with Gasteiger partial charge in [-0.1, -0.05) is 97.1 Å². The van der Waals surface area contributed by atoms with Gasteiger partial charge in [-0.3, -0.25) is 43.2 Å². The fourth-order valence-corrected chi connectivity index (χ4v) is 8.63. The lowest BCUT2D eigenvalue weighted by atomic mass is 9.86. The lowest BCUT2D eigenvalue weighted by Crippen LogP contribution is -2.60. The molecule has 1 aliphatic rings. The molecule has 1 heterocycles. The third-order valence-corrected chi connectivity index (χ3v) is 12.7. The molecule has 0 bridgehead atoms. The van der Waals surface area contributed by atoms with E-state index >= 15 is 0 Å². The molecule has 14 N–H and O–H groups in total. The molecule has 72 heavy (non-hydrogen) atoms. The monoisotopic (exact) mass is 1010 g/mol. The van der Waals surface area contributed by atoms with Crippen molar-refractivity contribution in [3.63, 3.8) is 0 Å². The van der Waals surface area contributed by atoms with Crippen molar-refractivity contribution in [1.82, 2.24) is 37.2 Å². The number of aliphatic hydroxyl groups excluding tert-OH is 1. The first-order valence-electron chi connectivity index (χ1n) is 26.2. The van der Waals surface area contributed by atoms with E-state index in [2.05, 4.69) is 44.1 Å². The number of nitrogens with two attached hydrogens (primary N) is 3. The standard InChI is InChI=1S/C52H88N10O10/c1-7-8-9-10-14-17-38(63)31-39(64)29-36(18-22-53)45(65)30-37-21-25-56-48(68)42(26-32(2)3)61-50(70)41(20-24-55)58-49(69)40(19-23-54)59-51(71)43(27-33(4)5)62-52(72)44(28-35-15-12-11-13-16-35)60-46(66)34(6)57-47(37)67/h11-13,15-16,32-34,36-38,40-44,63H,7-10,14,17-31,53-55H2,1-6H3,(H,56,68)(H,57,67)(H,58,69)(H,59,71)(H,60,66)(H,61,70)(H,62,72)/t34-,36-,37+,38+,40-,41-,42-,43-,44+/m0/s1. The second-order valence-electron chi connectivity index (χ2n) is 20.2. The second kappa shape index (κ2) is 34.2. The van der Waals surface area contributed by atoms with Crippen LogP contribution >= 0.6 is 0 Å². The lowest BCUT2D eigenvalue weighted by Gasteiger charge is -2.28. The number of benzene rings is 1. The van der Waals surface area contributed by atoms with Crippen LogP contribution in [0.15, 0.2) is 30.3 Å². The molecular formula is C52H88N10O10. The maximum Gasteiger partial charge on any atom is 0.243 e. The highest BCUT2D eigenvalue weighted by Gasteiger charge is 2.35. The molecule has 9 atom stereocenters. The summed E-state index contributed by atoms with van der Waals surface area (Å²) in [5.41, 5.74) is 18.3. The summed E-state index contributed by atoms with van der Waals surface area (Å²) in [5.74, 6) is -7.95. The van der Waals surface area contributed by atoms with Gasteiger partial charge in [0.2, 0.25) is 41.4 Å². The van der Waals surface area contributed by atoms with Gasteiger partial charge in [-0.2, -0.15) is 0 Å². The first-order chi connectivity index (χ1) is 34.2. The molecule has 1 aromatic carbocycles. The molecule has 0 aromatic heterocycles. The van der Waals surface area contributed by atoms with Gasteiger partial charge in [0.15, 0.2) is 0 Å². The summed E-state index contributed by atoms with van der Waals surface area (Å²) < 4.78 is 0. The quantitative estimate of drug-likeness (QED) is 0.0612. The van der Waals surface area contributed by atoms with Crippen molar-refractivity contribution < 1.29 is 48.3 Å². The molecule has 0 unspecified atom stereocenters. The van der Waals surface area contributed by atoms with E-state index in [0.717, 1.165) is 32.1 Å². The van der Waals surface area contributed by atoms with E-state index in [-0.39, 0.29) is 108 Å². The van der Waals surface area contributed by atoms with Crippen molar-refractivity contribution >= 4 is 52.9 Å². The van der Waals surface area contributed by atoms with Crippen molar-refractivity contribution in [2.45, 2.75) is 187 Å². The zero-order chi connectivity index (χ0) is 53.8. The Morgan fingerprint density at radius 1 is 0.611 bits per heavy atom. The van der Waals surface area contributed by atoms with Gasteiger partial charge in [0.05, 0.1) is 6.10 Å². The number of amides is 7.